The van der Waals surface area contributed by atoms with Crippen molar-refractivity contribution in [2.24, 2.45) is 0 Å². The standard InChI is InChI=1S/C14H20BrF2NO3/c1-19-7-8-20-6-2-5-18-10-11-9-12(15)3-4-13(11)21-14(16)17/h3-4,9,14,18H,2,5-8,10H2,1H3. The number of hydrogen-bond donors (Lipinski definition) is 1. The highest BCUT2D eigenvalue weighted by atomic mass is 79.9. The van der Waals surface area contributed by atoms with Crippen molar-refractivity contribution >= 4 is 15.9 Å². The predicted octanol–water partition coefficient (Wildman–Crippen LogP) is 3.19. The second-order valence-corrected chi connectivity index (χ2v) is 5.18. The van der Waals surface area contributed by atoms with Crippen LogP contribution in [0.4, 0.5) is 8.78 Å². The number of halogens is 3. The molecule has 21 heavy (non-hydrogen) atoms. The van der Waals surface area contributed by atoms with Gasteiger partial charge >= 0.3 is 6.61 Å². The van der Waals surface area contributed by atoms with E-state index in [-0.39, 0.29) is 5.75 Å². The van der Waals surface area contributed by atoms with Gasteiger partial charge in [-0.05, 0) is 31.2 Å². The molecule has 0 saturated carbocycles. The van der Waals surface area contributed by atoms with Crippen molar-refractivity contribution in [3.8, 4) is 5.75 Å². The van der Waals surface area contributed by atoms with E-state index in [1.54, 1.807) is 19.2 Å². The van der Waals surface area contributed by atoms with E-state index in [1.165, 1.54) is 6.07 Å². The summed E-state index contributed by atoms with van der Waals surface area (Å²) in [7, 11) is 1.63. The number of ether oxygens (including phenoxy) is 3. The third-order valence-electron chi connectivity index (χ3n) is 2.63. The highest BCUT2D eigenvalue weighted by Crippen LogP contribution is 2.24. The van der Waals surface area contributed by atoms with Gasteiger partial charge in [0.1, 0.15) is 5.75 Å². The summed E-state index contributed by atoms with van der Waals surface area (Å²) in [4.78, 5) is 0. The van der Waals surface area contributed by atoms with Gasteiger partial charge in [-0.25, -0.2) is 0 Å². The zero-order valence-electron chi connectivity index (χ0n) is 11.9. The van der Waals surface area contributed by atoms with Gasteiger partial charge in [-0.2, -0.15) is 8.78 Å². The molecule has 0 aliphatic heterocycles. The Morgan fingerprint density at radius 3 is 2.76 bits per heavy atom. The molecule has 0 spiro atoms. The Kier molecular flexibility index (Phi) is 9.49. The van der Waals surface area contributed by atoms with E-state index in [2.05, 4.69) is 26.0 Å². The van der Waals surface area contributed by atoms with Gasteiger partial charge in [0, 0.05) is 30.3 Å². The molecule has 4 nitrogen and oxygen atoms in total. The number of alkyl halides is 2. The van der Waals surface area contributed by atoms with Crippen molar-refractivity contribution in [3.63, 3.8) is 0 Å². The molecular formula is C14H20BrF2NO3. The molecule has 0 heterocycles. The van der Waals surface area contributed by atoms with Crippen molar-refractivity contribution in [2.75, 3.05) is 33.5 Å². The van der Waals surface area contributed by atoms with Crippen LogP contribution in [-0.4, -0.2) is 40.1 Å². The molecule has 0 unspecified atom stereocenters. The minimum absolute atomic E-state index is 0.192. The van der Waals surface area contributed by atoms with Crippen LogP contribution in [0.2, 0.25) is 0 Å². The Balaban J connectivity index is 2.29. The zero-order valence-corrected chi connectivity index (χ0v) is 13.5. The molecule has 0 aliphatic rings. The smallest absolute Gasteiger partial charge is 0.387 e. The Bertz CT molecular complexity index is 408. The van der Waals surface area contributed by atoms with Crippen LogP contribution in [0, 0.1) is 0 Å². The van der Waals surface area contributed by atoms with E-state index in [1.807, 2.05) is 0 Å². The van der Waals surface area contributed by atoms with Gasteiger partial charge in [-0.3, -0.25) is 0 Å². The monoisotopic (exact) mass is 367 g/mol. The van der Waals surface area contributed by atoms with Crippen LogP contribution in [-0.2, 0) is 16.0 Å². The van der Waals surface area contributed by atoms with E-state index in [9.17, 15) is 8.78 Å². The lowest BCUT2D eigenvalue weighted by molar-refractivity contribution is -0.0505. The molecule has 120 valence electrons. The molecule has 1 aromatic rings. The van der Waals surface area contributed by atoms with Gasteiger partial charge < -0.3 is 19.5 Å². The fraction of sp³-hybridized carbons (Fsp3) is 0.571. The molecule has 0 fully saturated rings. The third-order valence-corrected chi connectivity index (χ3v) is 3.12. The first-order chi connectivity index (χ1) is 10.1. The molecule has 7 heteroatoms. The summed E-state index contributed by atoms with van der Waals surface area (Å²) in [5.41, 5.74) is 0.685. The van der Waals surface area contributed by atoms with Crippen molar-refractivity contribution < 1.29 is 23.0 Å². The van der Waals surface area contributed by atoms with E-state index >= 15 is 0 Å². The maximum atomic E-state index is 12.3. The lowest BCUT2D eigenvalue weighted by Gasteiger charge is -2.12. The molecule has 0 saturated heterocycles. The van der Waals surface area contributed by atoms with Gasteiger partial charge in [0.15, 0.2) is 0 Å². The topological polar surface area (TPSA) is 39.7 Å². The first-order valence-corrected chi connectivity index (χ1v) is 7.43. The average Bonchev–Trinajstić information content (AvgIpc) is 2.44. The van der Waals surface area contributed by atoms with Crippen LogP contribution < -0.4 is 10.1 Å². The van der Waals surface area contributed by atoms with E-state index in [0.717, 1.165) is 17.4 Å². The van der Waals surface area contributed by atoms with Crippen LogP contribution in [0.3, 0.4) is 0 Å². The summed E-state index contributed by atoms with van der Waals surface area (Å²) in [6.45, 7) is 0.163. The van der Waals surface area contributed by atoms with Crippen LogP contribution in [0.25, 0.3) is 0 Å². The molecule has 0 amide bonds. The minimum atomic E-state index is -2.82. The van der Waals surface area contributed by atoms with Crippen molar-refractivity contribution in [1.82, 2.24) is 5.32 Å². The summed E-state index contributed by atoms with van der Waals surface area (Å²) < 4.78 is 40.1. The number of benzene rings is 1. The molecule has 0 radical (unpaired) electrons. The number of methoxy groups -OCH3 is 1. The molecule has 0 atom stereocenters. The maximum absolute atomic E-state index is 12.3. The fourth-order valence-corrected chi connectivity index (χ4v) is 2.07. The van der Waals surface area contributed by atoms with Gasteiger partial charge in [0.2, 0.25) is 0 Å². The first-order valence-electron chi connectivity index (χ1n) is 6.64. The number of nitrogens with one attached hydrogen (secondary N) is 1. The van der Waals surface area contributed by atoms with Gasteiger partial charge in [0.05, 0.1) is 13.2 Å². The molecule has 1 aromatic carbocycles. The molecule has 1 rings (SSSR count). The summed E-state index contributed by atoms with van der Waals surface area (Å²) >= 11 is 3.32. The van der Waals surface area contributed by atoms with E-state index in [4.69, 9.17) is 9.47 Å². The van der Waals surface area contributed by atoms with E-state index in [0.29, 0.717) is 31.9 Å². The van der Waals surface area contributed by atoms with Gasteiger partial charge in [-0.15, -0.1) is 0 Å². The zero-order chi connectivity index (χ0) is 15.5. The quantitative estimate of drug-likeness (QED) is 0.609. The van der Waals surface area contributed by atoms with Crippen LogP contribution >= 0.6 is 15.9 Å². The Morgan fingerprint density at radius 1 is 1.24 bits per heavy atom. The third kappa shape index (κ3) is 8.31. The lowest BCUT2D eigenvalue weighted by atomic mass is 10.2. The van der Waals surface area contributed by atoms with Gasteiger partial charge in [0.25, 0.3) is 0 Å². The van der Waals surface area contributed by atoms with Crippen LogP contribution in [0.5, 0.6) is 5.75 Å². The normalized spacial score (nSPS) is 11.1. The second kappa shape index (κ2) is 10.9. The minimum Gasteiger partial charge on any atom is -0.434 e. The Hall–Kier alpha value is -0.760. The molecule has 0 aromatic heterocycles. The van der Waals surface area contributed by atoms with Crippen molar-refractivity contribution in [1.29, 1.82) is 0 Å². The summed E-state index contributed by atoms with van der Waals surface area (Å²) in [6.07, 6.45) is 0.836. The summed E-state index contributed by atoms with van der Waals surface area (Å²) in [5.74, 6) is 0.192. The maximum Gasteiger partial charge on any atom is 0.387 e. The lowest BCUT2D eigenvalue weighted by Crippen LogP contribution is -2.18. The van der Waals surface area contributed by atoms with Crippen LogP contribution in [0.15, 0.2) is 22.7 Å². The number of rotatable bonds is 11. The van der Waals surface area contributed by atoms with Crippen molar-refractivity contribution in [2.45, 2.75) is 19.6 Å². The van der Waals surface area contributed by atoms with Gasteiger partial charge in [-0.1, -0.05) is 15.9 Å². The Labute approximate surface area is 131 Å². The molecular weight excluding hydrogens is 348 g/mol. The SMILES string of the molecule is COCCOCCCNCc1cc(Br)ccc1OC(F)F. The first kappa shape index (κ1) is 18.3. The molecule has 0 bridgehead atoms. The van der Waals surface area contributed by atoms with Crippen molar-refractivity contribution in [3.05, 3.63) is 28.2 Å². The Morgan fingerprint density at radius 2 is 2.05 bits per heavy atom. The predicted molar refractivity (Wildman–Crippen MR) is 79.8 cm³/mol. The highest BCUT2D eigenvalue weighted by Gasteiger charge is 2.09. The fourth-order valence-electron chi connectivity index (χ4n) is 1.66. The molecule has 0 aliphatic carbocycles. The van der Waals surface area contributed by atoms with E-state index < -0.39 is 6.61 Å². The second-order valence-electron chi connectivity index (χ2n) is 4.27. The number of hydrogen-bond acceptors (Lipinski definition) is 4. The molecule has 1 N–H and O–H groups in total. The summed E-state index contributed by atoms with van der Waals surface area (Å²) in [6, 6.07) is 4.96. The van der Waals surface area contributed by atoms with Crippen LogP contribution in [0.1, 0.15) is 12.0 Å². The highest BCUT2D eigenvalue weighted by molar-refractivity contribution is 9.10. The largest absolute Gasteiger partial charge is 0.434 e. The summed E-state index contributed by atoms with van der Waals surface area (Å²) in [5, 5.41) is 3.18. The average molecular weight is 368 g/mol.